The van der Waals surface area contributed by atoms with Crippen LogP contribution in [0, 0.1) is 5.92 Å². The summed E-state index contributed by atoms with van der Waals surface area (Å²) < 4.78 is 0. The van der Waals surface area contributed by atoms with Crippen LogP contribution >= 0.6 is 0 Å². The molecule has 1 aliphatic rings. The Bertz CT molecular complexity index is 126. The van der Waals surface area contributed by atoms with Crippen molar-refractivity contribution in [2.75, 3.05) is 6.61 Å². The summed E-state index contributed by atoms with van der Waals surface area (Å²) in [4.78, 5) is 0. The second kappa shape index (κ2) is 3.49. The molecule has 0 amide bonds. The molecule has 0 aliphatic heterocycles. The fourth-order valence-corrected chi connectivity index (χ4v) is 1.43. The first-order valence-electron chi connectivity index (χ1n) is 3.82. The van der Waals surface area contributed by atoms with E-state index in [0.717, 1.165) is 0 Å². The van der Waals surface area contributed by atoms with Crippen molar-refractivity contribution in [2.45, 2.75) is 31.2 Å². The molecule has 1 rings (SSSR count). The second-order valence-corrected chi connectivity index (χ2v) is 3.07. The molecule has 66 valence electrons. The van der Waals surface area contributed by atoms with Crippen LogP contribution in [-0.2, 0) is 0 Å². The van der Waals surface area contributed by atoms with Crippen LogP contribution in [0.5, 0.6) is 0 Å². The van der Waals surface area contributed by atoms with E-state index in [-0.39, 0.29) is 12.5 Å². The van der Waals surface area contributed by atoms with E-state index in [1.807, 2.05) is 0 Å². The molecule has 0 aromatic heterocycles. The van der Waals surface area contributed by atoms with Crippen LogP contribution in [0.25, 0.3) is 0 Å². The molecule has 4 atom stereocenters. The molecule has 3 unspecified atom stereocenters. The number of rotatable bonds is 1. The molecule has 0 heterocycles. The third-order valence-electron chi connectivity index (χ3n) is 2.29. The summed E-state index contributed by atoms with van der Waals surface area (Å²) in [5.74, 6) is -0.284. The molecule has 0 bridgehead atoms. The highest BCUT2D eigenvalue weighted by Crippen LogP contribution is 2.24. The van der Waals surface area contributed by atoms with Gasteiger partial charge < -0.3 is 20.4 Å². The first-order chi connectivity index (χ1) is 5.16. The van der Waals surface area contributed by atoms with E-state index in [1.54, 1.807) is 0 Å². The van der Waals surface area contributed by atoms with Crippen molar-refractivity contribution >= 4 is 0 Å². The summed E-state index contributed by atoms with van der Waals surface area (Å²) in [7, 11) is 0. The van der Waals surface area contributed by atoms with Crippen LogP contribution < -0.4 is 0 Å². The molecule has 11 heavy (non-hydrogen) atoms. The van der Waals surface area contributed by atoms with Gasteiger partial charge in [0.05, 0.1) is 12.2 Å². The van der Waals surface area contributed by atoms with Crippen molar-refractivity contribution < 1.29 is 20.4 Å². The van der Waals surface area contributed by atoms with Gasteiger partial charge in [0.2, 0.25) is 0 Å². The maximum absolute atomic E-state index is 9.24. The van der Waals surface area contributed by atoms with Gasteiger partial charge in [-0.1, -0.05) is 0 Å². The molecule has 1 fully saturated rings. The number of aliphatic hydroxyl groups excluding tert-OH is 4. The van der Waals surface area contributed by atoms with Gasteiger partial charge in [-0.25, -0.2) is 0 Å². The zero-order valence-electron chi connectivity index (χ0n) is 6.22. The number of hydrogen-bond acceptors (Lipinski definition) is 4. The smallest absolute Gasteiger partial charge is 0.106 e. The van der Waals surface area contributed by atoms with Crippen LogP contribution in [0.1, 0.15) is 12.8 Å². The van der Waals surface area contributed by atoms with E-state index in [2.05, 4.69) is 0 Å². The van der Waals surface area contributed by atoms with E-state index in [9.17, 15) is 5.11 Å². The molecule has 0 aromatic carbocycles. The SMILES string of the molecule is OC[C@H]1CCC(O)C(O)C1O. The van der Waals surface area contributed by atoms with Crippen molar-refractivity contribution in [2.24, 2.45) is 5.92 Å². The van der Waals surface area contributed by atoms with Crippen LogP contribution in [0.2, 0.25) is 0 Å². The summed E-state index contributed by atoms with van der Waals surface area (Å²) in [6.07, 6.45) is -1.91. The van der Waals surface area contributed by atoms with Gasteiger partial charge in [-0.2, -0.15) is 0 Å². The Morgan fingerprint density at radius 2 is 1.64 bits per heavy atom. The topological polar surface area (TPSA) is 80.9 Å². The maximum Gasteiger partial charge on any atom is 0.106 e. The van der Waals surface area contributed by atoms with E-state index in [4.69, 9.17) is 15.3 Å². The average Bonchev–Trinajstić information content (AvgIpc) is 2.01. The fourth-order valence-electron chi connectivity index (χ4n) is 1.43. The standard InChI is InChI=1S/C7H14O4/c8-3-4-1-2-5(9)7(11)6(4)10/h4-11H,1-3H2/t4-,5?,6?,7?/m1/s1. The van der Waals surface area contributed by atoms with E-state index in [1.165, 1.54) is 0 Å². The molecular weight excluding hydrogens is 148 g/mol. The van der Waals surface area contributed by atoms with Gasteiger partial charge in [-0.15, -0.1) is 0 Å². The molecule has 0 saturated heterocycles. The lowest BCUT2D eigenvalue weighted by Crippen LogP contribution is -2.47. The highest BCUT2D eigenvalue weighted by molar-refractivity contribution is 4.86. The van der Waals surface area contributed by atoms with Gasteiger partial charge in [0, 0.05) is 12.5 Å². The molecule has 0 aromatic rings. The Morgan fingerprint density at radius 1 is 1.00 bits per heavy atom. The van der Waals surface area contributed by atoms with Crippen molar-refractivity contribution in [1.82, 2.24) is 0 Å². The highest BCUT2D eigenvalue weighted by Gasteiger charge is 2.35. The van der Waals surface area contributed by atoms with Crippen LogP contribution in [-0.4, -0.2) is 45.3 Å². The lowest BCUT2D eigenvalue weighted by Gasteiger charge is -2.33. The second-order valence-electron chi connectivity index (χ2n) is 3.07. The molecule has 0 radical (unpaired) electrons. The summed E-state index contributed by atoms with van der Waals surface area (Å²) >= 11 is 0. The predicted octanol–water partition coefficient (Wildman–Crippen LogP) is -1.53. The molecule has 1 saturated carbocycles. The minimum absolute atomic E-state index is 0.134. The van der Waals surface area contributed by atoms with E-state index < -0.39 is 18.3 Å². The Labute approximate surface area is 65.1 Å². The molecule has 4 N–H and O–H groups in total. The van der Waals surface area contributed by atoms with Gasteiger partial charge in [0.15, 0.2) is 0 Å². The third kappa shape index (κ3) is 1.70. The zero-order valence-corrected chi connectivity index (χ0v) is 6.22. The lowest BCUT2D eigenvalue weighted by molar-refractivity contribution is -0.118. The van der Waals surface area contributed by atoms with Gasteiger partial charge in [-0.3, -0.25) is 0 Å². The lowest BCUT2D eigenvalue weighted by atomic mass is 9.83. The summed E-state index contributed by atoms with van der Waals surface area (Å²) in [6.45, 7) is -0.134. The van der Waals surface area contributed by atoms with Crippen LogP contribution in [0.3, 0.4) is 0 Å². The first-order valence-corrected chi connectivity index (χ1v) is 3.82. The van der Waals surface area contributed by atoms with Crippen molar-refractivity contribution in [1.29, 1.82) is 0 Å². The minimum atomic E-state index is -1.10. The third-order valence-corrected chi connectivity index (χ3v) is 2.29. The Morgan fingerprint density at radius 3 is 2.18 bits per heavy atom. The molecule has 4 heteroatoms. The predicted molar refractivity (Wildman–Crippen MR) is 37.8 cm³/mol. The number of aliphatic hydroxyl groups is 4. The summed E-state index contributed by atoms with van der Waals surface area (Å²) in [5, 5.41) is 36.2. The Kier molecular flexibility index (Phi) is 2.84. The average molecular weight is 162 g/mol. The van der Waals surface area contributed by atoms with Crippen molar-refractivity contribution in [3.05, 3.63) is 0 Å². The minimum Gasteiger partial charge on any atom is -0.396 e. The van der Waals surface area contributed by atoms with Gasteiger partial charge in [-0.05, 0) is 12.8 Å². The maximum atomic E-state index is 9.24. The van der Waals surface area contributed by atoms with Gasteiger partial charge in [0.1, 0.15) is 6.10 Å². The summed E-state index contributed by atoms with van der Waals surface area (Å²) in [5.41, 5.74) is 0. The molecule has 1 aliphatic carbocycles. The van der Waals surface area contributed by atoms with E-state index >= 15 is 0 Å². The monoisotopic (exact) mass is 162 g/mol. The Balaban J connectivity index is 2.52. The Hall–Kier alpha value is -0.160. The first kappa shape index (κ1) is 8.93. The molecular formula is C7H14O4. The number of hydrogen-bond donors (Lipinski definition) is 4. The quantitative estimate of drug-likeness (QED) is 0.377. The normalized spacial score (nSPS) is 45.8. The van der Waals surface area contributed by atoms with Gasteiger partial charge in [0.25, 0.3) is 0 Å². The fraction of sp³-hybridized carbons (Fsp3) is 1.00. The van der Waals surface area contributed by atoms with Gasteiger partial charge >= 0.3 is 0 Å². The van der Waals surface area contributed by atoms with Crippen molar-refractivity contribution in [3.8, 4) is 0 Å². The van der Waals surface area contributed by atoms with Crippen molar-refractivity contribution in [3.63, 3.8) is 0 Å². The summed E-state index contributed by atoms with van der Waals surface area (Å²) in [6, 6.07) is 0. The van der Waals surface area contributed by atoms with E-state index in [0.29, 0.717) is 12.8 Å². The molecule has 4 nitrogen and oxygen atoms in total. The molecule has 0 spiro atoms. The van der Waals surface area contributed by atoms with Crippen LogP contribution in [0.15, 0.2) is 0 Å². The van der Waals surface area contributed by atoms with Crippen LogP contribution in [0.4, 0.5) is 0 Å². The largest absolute Gasteiger partial charge is 0.396 e. The highest BCUT2D eigenvalue weighted by atomic mass is 16.4. The zero-order chi connectivity index (χ0) is 8.43.